The number of nitrogens with one attached hydrogen (secondary N) is 3. The zero-order valence-electron chi connectivity index (χ0n) is 18.5. The number of amides is 1. The molecule has 1 aromatic heterocycles. The lowest BCUT2D eigenvalue weighted by Gasteiger charge is -2.13. The lowest BCUT2D eigenvalue weighted by molar-refractivity contribution is 0.0888. The van der Waals surface area contributed by atoms with Crippen molar-refractivity contribution in [3.05, 3.63) is 59.5 Å². The van der Waals surface area contributed by atoms with Crippen molar-refractivity contribution < 1.29 is 18.7 Å². The Morgan fingerprint density at radius 3 is 2.84 bits per heavy atom. The van der Waals surface area contributed by atoms with Gasteiger partial charge in [0.1, 0.15) is 5.76 Å². The van der Waals surface area contributed by atoms with Gasteiger partial charge >= 0.3 is 0 Å². The maximum Gasteiger partial charge on any atom is 0.251 e. The topological polar surface area (TPSA) is 97.1 Å². The Balaban J connectivity index is 0.00000363. The first-order valence-corrected chi connectivity index (χ1v) is 10.7. The minimum absolute atomic E-state index is 0. The Morgan fingerprint density at radius 2 is 2.09 bits per heavy atom. The van der Waals surface area contributed by atoms with Crippen molar-refractivity contribution in [2.24, 2.45) is 10.9 Å². The molecule has 0 saturated carbocycles. The first kappa shape index (κ1) is 26.1. The van der Waals surface area contributed by atoms with Gasteiger partial charge in [-0.25, -0.2) is 0 Å². The van der Waals surface area contributed by atoms with E-state index >= 15 is 0 Å². The number of halogens is 1. The van der Waals surface area contributed by atoms with Crippen LogP contribution in [-0.2, 0) is 22.6 Å². The number of carbonyl (C=O) groups excluding carboxylic acids is 1. The number of furan rings is 1. The van der Waals surface area contributed by atoms with E-state index in [1.165, 1.54) is 0 Å². The molecule has 0 spiro atoms. The number of rotatable bonds is 11. The highest BCUT2D eigenvalue weighted by molar-refractivity contribution is 14.0. The van der Waals surface area contributed by atoms with Crippen LogP contribution in [0.1, 0.15) is 34.5 Å². The smallest absolute Gasteiger partial charge is 0.251 e. The predicted molar refractivity (Wildman–Crippen MR) is 134 cm³/mol. The van der Waals surface area contributed by atoms with E-state index in [1.807, 2.05) is 24.3 Å². The summed E-state index contributed by atoms with van der Waals surface area (Å²) < 4.78 is 16.3. The highest BCUT2D eigenvalue weighted by Crippen LogP contribution is 2.12. The van der Waals surface area contributed by atoms with Crippen LogP contribution >= 0.6 is 24.0 Å². The van der Waals surface area contributed by atoms with Crippen LogP contribution in [0.25, 0.3) is 0 Å². The first-order valence-electron chi connectivity index (χ1n) is 10.7. The van der Waals surface area contributed by atoms with Crippen molar-refractivity contribution >= 4 is 35.8 Å². The molecule has 1 atom stereocenters. The molecule has 2 aromatic rings. The van der Waals surface area contributed by atoms with Crippen LogP contribution in [0.2, 0.25) is 0 Å². The van der Waals surface area contributed by atoms with Crippen LogP contribution in [0.3, 0.4) is 0 Å². The average Bonchev–Trinajstić information content (AvgIpc) is 3.51. The summed E-state index contributed by atoms with van der Waals surface area (Å²) in [7, 11) is 1.74. The van der Waals surface area contributed by atoms with Crippen LogP contribution in [0.4, 0.5) is 0 Å². The highest BCUT2D eigenvalue weighted by atomic mass is 127. The molecule has 1 aromatic carbocycles. The molecule has 1 saturated heterocycles. The van der Waals surface area contributed by atoms with Gasteiger partial charge in [-0.15, -0.1) is 24.0 Å². The van der Waals surface area contributed by atoms with Gasteiger partial charge in [0.05, 0.1) is 26.0 Å². The number of nitrogens with zero attached hydrogens (tertiary/aromatic N) is 1. The molecule has 0 bridgehead atoms. The third-order valence-electron chi connectivity index (χ3n) is 5.01. The molecule has 1 aliphatic heterocycles. The van der Waals surface area contributed by atoms with E-state index in [9.17, 15) is 4.79 Å². The molecule has 8 nitrogen and oxygen atoms in total. The molecule has 3 rings (SSSR count). The van der Waals surface area contributed by atoms with E-state index in [0.717, 1.165) is 63.1 Å². The van der Waals surface area contributed by atoms with Crippen LogP contribution in [-0.4, -0.2) is 51.9 Å². The van der Waals surface area contributed by atoms with E-state index < -0.39 is 0 Å². The fourth-order valence-electron chi connectivity index (χ4n) is 3.26. The van der Waals surface area contributed by atoms with Crippen molar-refractivity contribution in [2.45, 2.75) is 25.9 Å². The quantitative estimate of drug-likeness (QED) is 0.171. The average molecular weight is 556 g/mol. The second-order valence-electron chi connectivity index (χ2n) is 7.47. The second kappa shape index (κ2) is 14.9. The zero-order valence-corrected chi connectivity index (χ0v) is 20.8. The van der Waals surface area contributed by atoms with Crippen LogP contribution < -0.4 is 16.0 Å². The molecule has 9 heteroatoms. The van der Waals surface area contributed by atoms with Crippen molar-refractivity contribution in [3.63, 3.8) is 0 Å². The molecule has 1 unspecified atom stereocenters. The van der Waals surface area contributed by atoms with Gasteiger partial charge in [0, 0.05) is 44.8 Å². The number of aliphatic imine (C=N–C) groups is 1. The van der Waals surface area contributed by atoms with E-state index in [4.69, 9.17) is 13.9 Å². The summed E-state index contributed by atoms with van der Waals surface area (Å²) in [6.07, 6.45) is 3.59. The van der Waals surface area contributed by atoms with E-state index in [-0.39, 0.29) is 29.9 Å². The lowest BCUT2D eigenvalue weighted by atomic mass is 10.1. The normalized spacial score (nSPS) is 15.8. The summed E-state index contributed by atoms with van der Waals surface area (Å²) in [4.78, 5) is 16.6. The number of carbonyl (C=O) groups is 1. The SMILES string of the molecule is CN=C(NCCCOCC1CCOC1)NCc1cccc(C(=O)NCc2ccco2)c1.I. The summed E-state index contributed by atoms with van der Waals surface area (Å²) in [6.45, 7) is 4.88. The maximum atomic E-state index is 12.4. The molecule has 1 fully saturated rings. The molecule has 0 radical (unpaired) electrons. The van der Waals surface area contributed by atoms with Crippen LogP contribution in [0.5, 0.6) is 0 Å². The minimum Gasteiger partial charge on any atom is -0.467 e. The van der Waals surface area contributed by atoms with Crippen molar-refractivity contribution in [1.82, 2.24) is 16.0 Å². The van der Waals surface area contributed by atoms with E-state index in [0.29, 0.717) is 24.6 Å². The number of hydrogen-bond acceptors (Lipinski definition) is 5. The summed E-state index contributed by atoms with van der Waals surface area (Å²) >= 11 is 0. The maximum absolute atomic E-state index is 12.4. The molecule has 2 heterocycles. The monoisotopic (exact) mass is 556 g/mol. The van der Waals surface area contributed by atoms with Crippen molar-refractivity contribution in [2.75, 3.05) is 40.0 Å². The highest BCUT2D eigenvalue weighted by Gasteiger charge is 2.15. The van der Waals surface area contributed by atoms with Gasteiger partial charge < -0.3 is 29.8 Å². The minimum atomic E-state index is -0.134. The molecular formula is C23H33IN4O4. The van der Waals surface area contributed by atoms with Gasteiger partial charge in [-0.05, 0) is 42.7 Å². The van der Waals surface area contributed by atoms with Crippen LogP contribution in [0.15, 0.2) is 52.1 Å². The fraction of sp³-hybridized carbons (Fsp3) is 0.478. The van der Waals surface area contributed by atoms with Crippen molar-refractivity contribution in [1.29, 1.82) is 0 Å². The third-order valence-corrected chi connectivity index (χ3v) is 5.01. The lowest BCUT2D eigenvalue weighted by Crippen LogP contribution is -2.37. The molecule has 1 aliphatic rings. The Morgan fingerprint density at radius 1 is 1.19 bits per heavy atom. The number of benzene rings is 1. The molecule has 32 heavy (non-hydrogen) atoms. The van der Waals surface area contributed by atoms with Crippen LogP contribution in [0, 0.1) is 5.92 Å². The summed E-state index contributed by atoms with van der Waals surface area (Å²) in [5.41, 5.74) is 1.61. The summed E-state index contributed by atoms with van der Waals surface area (Å²) in [5, 5.41) is 9.42. The first-order chi connectivity index (χ1) is 15.2. The van der Waals surface area contributed by atoms with E-state index in [2.05, 4.69) is 20.9 Å². The Hall–Kier alpha value is -2.11. The van der Waals surface area contributed by atoms with Gasteiger partial charge in [0.25, 0.3) is 5.91 Å². The molecule has 1 amide bonds. The Labute approximate surface area is 206 Å². The van der Waals surface area contributed by atoms with E-state index in [1.54, 1.807) is 25.4 Å². The summed E-state index contributed by atoms with van der Waals surface area (Å²) in [5.74, 6) is 1.85. The number of hydrogen-bond donors (Lipinski definition) is 3. The number of guanidine groups is 1. The van der Waals surface area contributed by atoms with Gasteiger partial charge in [0.15, 0.2) is 5.96 Å². The largest absolute Gasteiger partial charge is 0.467 e. The van der Waals surface area contributed by atoms with Gasteiger partial charge in [-0.2, -0.15) is 0 Å². The molecular weight excluding hydrogens is 523 g/mol. The molecule has 3 N–H and O–H groups in total. The molecule has 0 aliphatic carbocycles. The molecule has 176 valence electrons. The summed E-state index contributed by atoms with van der Waals surface area (Å²) in [6, 6.07) is 11.2. The van der Waals surface area contributed by atoms with Gasteiger partial charge in [-0.1, -0.05) is 12.1 Å². The Kier molecular flexibility index (Phi) is 12.1. The van der Waals surface area contributed by atoms with Gasteiger partial charge in [-0.3, -0.25) is 9.79 Å². The standard InChI is InChI=1S/C23H32N4O4.HI/c1-24-23(25-9-4-10-29-16-19-8-12-30-17-19)27-14-18-5-2-6-20(13-18)22(28)26-15-21-7-3-11-31-21;/h2-3,5-7,11,13,19H,4,8-10,12,14-17H2,1H3,(H,26,28)(H2,24,25,27);1H. The third kappa shape index (κ3) is 9.17. The Bertz CT molecular complexity index is 823. The van der Waals surface area contributed by atoms with Gasteiger partial charge in [0.2, 0.25) is 0 Å². The van der Waals surface area contributed by atoms with Crippen molar-refractivity contribution in [3.8, 4) is 0 Å². The second-order valence-corrected chi connectivity index (χ2v) is 7.47. The predicted octanol–water partition coefficient (Wildman–Crippen LogP) is 2.94. The number of ether oxygens (including phenoxy) is 2. The zero-order chi connectivity index (χ0) is 21.7. The fourth-order valence-corrected chi connectivity index (χ4v) is 3.26.